The summed E-state index contributed by atoms with van der Waals surface area (Å²) < 4.78 is 13.6. The lowest BCUT2D eigenvalue weighted by atomic mass is 9.96. The van der Waals surface area contributed by atoms with Gasteiger partial charge in [0.05, 0.1) is 6.20 Å². The minimum atomic E-state index is -0.326. The van der Waals surface area contributed by atoms with Crippen molar-refractivity contribution < 1.29 is 9.18 Å². The highest BCUT2D eigenvalue weighted by Gasteiger charge is 2.22. The average molecular weight is 256 g/mol. The van der Waals surface area contributed by atoms with E-state index in [1.807, 2.05) is 24.3 Å². The normalized spacial score (nSPS) is 18.4. The van der Waals surface area contributed by atoms with E-state index in [2.05, 4.69) is 10.3 Å². The van der Waals surface area contributed by atoms with Crippen LogP contribution in [0.5, 0.6) is 0 Å². The van der Waals surface area contributed by atoms with E-state index in [0.29, 0.717) is 18.5 Å². The molecule has 1 amide bonds. The Morgan fingerprint density at radius 3 is 2.63 bits per heavy atom. The molecular weight excluding hydrogens is 243 g/mol. The van der Waals surface area contributed by atoms with Gasteiger partial charge in [0.1, 0.15) is 5.82 Å². The van der Waals surface area contributed by atoms with Crippen LogP contribution in [0.25, 0.3) is 11.1 Å². The Kier molecular flexibility index (Phi) is 2.99. The van der Waals surface area contributed by atoms with E-state index in [-0.39, 0.29) is 17.6 Å². The molecule has 1 unspecified atom stereocenters. The second kappa shape index (κ2) is 4.80. The molecule has 0 spiro atoms. The summed E-state index contributed by atoms with van der Waals surface area (Å²) >= 11 is 0. The van der Waals surface area contributed by atoms with Crippen LogP contribution < -0.4 is 5.32 Å². The Bertz CT molecular complexity index is 610. The van der Waals surface area contributed by atoms with E-state index in [9.17, 15) is 9.18 Å². The predicted molar refractivity (Wildman–Crippen MR) is 70.0 cm³/mol. The Balaban J connectivity index is 1.87. The maximum Gasteiger partial charge on any atom is 0.220 e. The van der Waals surface area contributed by atoms with Gasteiger partial charge in [-0.15, -0.1) is 0 Å². The number of nitrogens with zero attached hydrogens (tertiary/aromatic N) is 1. The first-order valence-electron chi connectivity index (χ1n) is 6.20. The Morgan fingerprint density at radius 2 is 2.00 bits per heavy atom. The molecule has 2 heterocycles. The van der Waals surface area contributed by atoms with Gasteiger partial charge >= 0.3 is 0 Å². The maximum absolute atomic E-state index is 13.6. The van der Waals surface area contributed by atoms with E-state index < -0.39 is 0 Å². The van der Waals surface area contributed by atoms with E-state index in [1.165, 1.54) is 6.20 Å². The highest BCUT2D eigenvalue weighted by Crippen LogP contribution is 2.27. The number of nitrogens with one attached hydrogen (secondary N) is 1. The number of amides is 1. The number of hydrogen-bond acceptors (Lipinski definition) is 2. The standard InChI is InChI=1S/C15H13FN2O/c16-14-9-17-6-5-13(14)11-3-1-10(2-4-11)12-7-15(19)18-8-12/h1-6,9,12H,7-8H2,(H,18,19). The van der Waals surface area contributed by atoms with Gasteiger partial charge in [0.25, 0.3) is 0 Å². The van der Waals surface area contributed by atoms with E-state index >= 15 is 0 Å². The number of carbonyl (C=O) groups excluding carboxylic acids is 1. The van der Waals surface area contributed by atoms with Crippen LogP contribution in [-0.2, 0) is 4.79 Å². The molecule has 1 aromatic carbocycles. The fourth-order valence-electron chi connectivity index (χ4n) is 2.39. The van der Waals surface area contributed by atoms with Crippen LogP contribution in [0, 0.1) is 5.82 Å². The molecule has 1 atom stereocenters. The van der Waals surface area contributed by atoms with Gasteiger partial charge in [-0.25, -0.2) is 4.39 Å². The number of benzene rings is 1. The number of hydrogen-bond donors (Lipinski definition) is 1. The Hall–Kier alpha value is -2.23. The molecule has 1 aliphatic rings. The summed E-state index contributed by atoms with van der Waals surface area (Å²) in [5.74, 6) is -0.00828. The van der Waals surface area contributed by atoms with Crippen molar-refractivity contribution in [2.75, 3.05) is 6.54 Å². The van der Waals surface area contributed by atoms with Gasteiger partial charge in [-0.1, -0.05) is 24.3 Å². The SMILES string of the molecule is O=C1CC(c2ccc(-c3ccncc3F)cc2)CN1. The Morgan fingerprint density at radius 1 is 1.21 bits per heavy atom. The minimum Gasteiger partial charge on any atom is -0.355 e. The highest BCUT2D eigenvalue weighted by molar-refractivity contribution is 5.79. The van der Waals surface area contributed by atoms with Crippen molar-refractivity contribution in [1.82, 2.24) is 10.3 Å². The number of carbonyl (C=O) groups is 1. The van der Waals surface area contributed by atoms with Crippen molar-refractivity contribution in [3.8, 4) is 11.1 Å². The van der Waals surface area contributed by atoms with Gasteiger partial charge in [0.2, 0.25) is 5.91 Å². The van der Waals surface area contributed by atoms with Crippen molar-refractivity contribution in [1.29, 1.82) is 0 Å². The third-order valence-electron chi connectivity index (χ3n) is 3.44. The zero-order valence-corrected chi connectivity index (χ0v) is 10.3. The molecule has 3 nitrogen and oxygen atoms in total. The van der Waals surface area contributed by atoms with Crippen molar-refractivity contribution >= 4 is 5.91 Å². The van der Waals surface area contributed by atoms with Gasteiger partial charge in [-0.05, 0) is 17.2 Å². The molecule has 4 heteroatoms. The number of aromatic nitrogens is 1. The molecule has 1 fully saturated rings. The summed E-state index contributed by atoms with van der Waals surface area (Å²) in [5.41, 5.74) is 2.47. The second-order valence-electron chi connectivity index (χ2n) is 4.68. The molecule has 2 aromatic rings. The quantitative estimate of drug-likeness (QED) is 0.897. The van der Waals surface area contributed by atoms with E-state index in [1.54, 1.807) is 12.3 Å². The molecule has 3 rings (SSSR count). The monoisotopic (exact) mass is 256 g/mol. The molecule has 96 valence electrons. The van der Waals surface area contributed by atoms with Gasteiger partial charge < -0.3 is 5.32 Å². The van der Waals surface area contributed by atoms with Crippen LogP contribution in [0.2, 0.25) is 0 Å². The molecule has 0 saturated carbocycles. The zero-order valence-electron chi connectivity index (χ0n) is 10.3. The number of rotatable bonds is 2. The largest absolute Gasteiger partial charge is 0.355 e. The van der Waals surface area contributed by atoms with Crippen LogP contribution in [-0.4, -0.2) is 17.4 Å². The zero-order chi connectivity index (χ0) is 13.2. The molecule has 1 aromatic heterocycles. The van der Waals surface area contributed by atoms with Crippen LogP contribution in [0.15, 0.2) is 42.7 Å². The molecule has 0 radical (unpaired) electrons. The molecule has 1 saturated heterocycles. The van der Waals surface area contributed by atoms with E-state index in [0.717, 1.165) is 11.1 Å². The summed E-state index contributed by atoms with van der Waals surface area (Å²) in [6.07, 6.45) is 3.32. The minimum absolute atomic E-state index is 0.0919. The van der Waals surface area contributed by atoms with Crippen LogP contribution in [0.3, 0.4) is 0 Å². The van der Waals surface area contributed by atoms with Gasteiger partial charge in [0.15, 0.2) is 0 Å². The molecule has 1 aliphatic heterocycles. The topological polar surface area (TPSA) is 42.0 Å². The van der Waals surface area contributed by atoms with Gasteiger partial charge in [-0.2, -0.15) is 0 Å². The van der Waals surface area contributed by atoms with E-state index in [4.69, 9.17) is 0 Å². The first-order chi connectivity index (χ1) is 9.24. The summed E-state index contributed by atoms with van der Waals surface area (Å²) in [4.78, 5) is 14.9. The fraction of sp³-hybridized carbons (Fsp3) is 0.200. The summed E-state index contributed by atoms with van der Waals surface area (Å²) in [6.45, 7) is 0.682. The summed E-state index contributed by atoms with van der Waals surface area (Å²) in [6, 6.07) is 9.35. The molecule has 19 heavy (non-hydrogen) atoms. The van der Waals surface area contributed by atoms with Crippen LogP contribution in [0.4, 0.5) is 4.39 Å². The lowest BCUT2D eigenvalue weighted by molar-refractivity contribution is -0.119. The first-order valence-corrected chi connectivity index (χ1v) is 6.20. The smallest absolute Gasteiger partial charge is 0.220 e. The predicted octanol–water partition coefficient (Wildman–Crippen LogP) is 2.49. The lowest BCUT2D eigenvalue weighted by Gasteiger charge is -2.09. The molecular formula is C15H13FN2O. The maximum atomic E-state index is 13.6. The lowest BCUT2D eigenvalue weighted by Crippen LogP contribution is -2.13. The molecule has 0 bridgehead atoms. The van der Waals surface area contributed by atoms with Crippen LogP contribution >= 0.6 is 0 Å². The van der Waals surface area contributed by atoms with Gasteiger partial charge in [-0.3, -0.25) is 9.78 Å². The number of pyridine rings is 1. The van der Waals surface area contributed by atoms with Crippen molar-refractivity contribution in [2.24, 2.45) is 0 Å². The van der Waals surface area contributed by atoms with Gasteiger partial charge in [0, 0.05) is 30.6 Å². The van der Waals surface area contributed by atoms with Crippen molar-refractivity contribution in [3.05, 3.63) is 54.1 Å². The third kappa shape index (κ3) is 2.34. The summed E-state index contributed by atoms with van der Waals surface area (Å²) in [7, 11) is 0. The van der Waals surface area contributed by atoms with Crippen molar-refractivity contribution in [3.63, 3.8) is 0 Å². The number of halogens is 1. The second-order valence-corrected chi connectivity index (χ2v) is 4.68. The van der Waals surface area contributed by atoms with Crippen molar-refractivity contribution in [2.45, 2.75) is 12.3 Å². The highest BCUT2D eigenvalue weighted by atomic mass is 19.1. The first kappa shape index (κ1) is 11.8. The molecule has 1 N–H and O–H groups in total. The molecule has 0 aliphatic carbocycles. The Labute approximate surface area is 110 Å². The average Bonchev–Trinajstić information content (AvgIpc) is 2.86. The van der Waals surface area contributed by atoms with Crippen LogP contribution in [0.1, 0.15) is 17.9 Å². The fourth-order valence-corrected chi connectivity index (χ4v) is 2.39. The third-order valence-corrected chi connectivity index (χ3v) is 3.44. The summed E-state index contributed by atoms with van der Waals surface area (Å²) in [5, 5.41) is 2.82.